The van der Waals surface area contributed by atoms with E-state index in [2.05, 4.69) is 17.2 Å². The molecule has 0 aliphatic carbocycles. The van der Waals surface area contributed by atoms with Crippen molar-refractivity contribution in [2.24, 2.45) is 5.73 Å². The molecule has 9 heteroatoms. The Morgan fingerprint density at radius 3 is 2.65 bits per heavy atom. The van der Waals surface area contributed by atoms with Crippen molar-refractivity contribution in [1.29, 1.82) is 0 Å². The lowest BCUT2D eigenvalue weighted by Crippen LogP contribution is -2.32. The van der Waals surface area contributed by atoms with Gasteiger partial charge in [-0.1, -0.05) is 12.2 Å². The zero-order valence-electron chi connectivity index (χ0n) is 10.1. The van der Waals surface area contributed by atoms with Crippen molar-refractivity contribution in [3.63, 3.8) is 0 Å². The second-order valence-electron chi connectivity index (χ2n) is 3.80. The normalized spacial score (nSPS) is 11.6. The van der Waals surface area contributed by atoms with E-state index in [0.717, 1.165) is 4.40 Å². The molecule has 0 aliphatic heterocycles. The summed E-state index contributed by atoms with van der Waals surface area (Å²) in [6.07, 6.45) is -3.60. The fraction of sp³-hybridized carbons (Fsp3) is 0.182. The van der Waals surface area contributed by atoms with Crippen molar-refractivity contribution in [2.45, 2.75) is 6.18 Å². The number of aromatic nitrogens is 2. The molecule has 106 valence electrons. The van der Waals surface area contributed by atoms with Gasteiger partial charge in [0.15, 0.2) is 5.69 Å². The molecule has 0 saturated heterocycles. The van der Waals surface area contributed by atoms with E-state index in [-0.39, 0.29) is 11.4 Å². The van der Waals surface area contributed by atoms with E-state index in [1.54, 1.807) is 0 Å². The largest absolute Gasteiger partial charge is 0.497 e. The molecule has 0 amide bonds. The molecule has 0 aliphatic rings. The van der Waals surface area contributed by atoms with Crippen LogP contribution in [0.3, 0.4) is 0 Å². The van der Waals surface area contributed by atoms with Crippen LogP contribution in [0.25, 0.3) is 5.65 Å². The second-order valence-corrected chi connectivity index (χ2v) is 4.24. The number of pyridine rings is 1. The second kappa shape index (κ2) is 4.75. The summed E-state index contributed by atoms with van der Waals surface area (Å²) in [5, 5.41) is 0. The van der Waals surface area contributed by atoms with E-state index in [1.807, 2.05) is 0 Å². The molecule has 2 heterocycles. The van der Waals surface area contributed by atoms with Crippen LogP contribution in [-0.4, -0.2) is 21.5 Å². The maximum Gasteiger partial charge on any atom is 0.434 e. The van der Waals surface area contributed by atoms with Crippen LogP contribution in [0.4, 0.5) is 13.2 Å². The maximum absolute atomic E-state index is 12.9. The van der Waals surface area contributed by atoms with Crippen molar-refractivity contribution < 1.29 is 17.9 Å². The number of nitrogens with zero attached hydrogens (tertiary/aromatic N) is 2. The molecule has 0 aromatic carbocycles. The minimum Gasteiger partial charge on any atom is -0.497 e. The molecule has 2 aromatic heterocycles. The van der Waals surface area contributed by atoms with E-state index >= 15 is 0 Å². The van der Waals surface area contributed by atoms with Gasteiger partial charge in [0.05, 0.1) is 7.11 Å². The Morgan fingerprint density at radius 1 is 1.50 bits per heavy atom. The zero-order valence-corrected chi connectivity index (χ0v) is 10.9. The molecular formula is C11H8F3N3O2S. The third-order valence-corrected chi connectivity index (χ3v) is 2.76. The van der Waals surface area contributed by atoms with Crippen LogP contribution in [0.2, 0.25) is 0 Å². The first-order valence-corrected chi connectivity index (χ1v) is 5.64. The summed E-state index contributed by atoms with van der Waals surface area (Å²) in [4.78, 5) is 14.8. The van der Waals surface area contributed by atoms with Gasteiger partial charge in [0.25, 0.3) is 5.56 Å². The molecule has 2 aromatic rings. The predicted octanol–water partition coefficient (Wildman–Crippen LogP) is 1.36. The van der Waals surface area contributed by atoms with Gasteiger partial charge < -0.3 is 10.5 Å². The van der Waals surface area contributed by atoms with Gasteiger partial charge in [0.1, 0.15) is 21.9 Å². The Balaban J connectivity index is 2.93. The first-order chi connectivity index (χ1) is 9.25. The predicted molar refractivity (Wildman–Crippen MR) is 68.9 cm³/mol. The number of hydrogen-bond donors (Lipinski definition) is 1. The highest BCUT2D eigenvalue weighted by Gasteiger charge is 2.38. The number of alkyl halides is 3. The summed E-state index contributed by atoms with van der Waals surface area (Å²) >= 11 is 4.52. The van der Waals surface area contributed by atoms with Crippen molar-refractivity contribution in [1.82, 2.24) is 9.38 Å². The molecule has 20 heavy (non-hydrogen) atoms. The van der Waals surface area contributed by atoms with E-state index in [9.17, 15) is 18.0 Å². The van der Waals surface area contributed by atoms with E-state index < -0.39 is 28.0 Å². The Hall–Kier alpha value is -2.16. The summed E-state index contributed by atoms with van der Waals surface area (Å²) in [6, 6.07) is 2.62. The molecule has 2 N–H and O–H groups in total. The van der Waals surface area contributed by atoms with Crippen LogP contribution in [0.15, 0.2) is 23.1 Å². The fourth-order valence-corrected chi connectivity index (χ4v) is 1.86. The Kier molecular flexibility index (Phi) is 3.38. The highest BCUT2D eigenvalue weighted by atomic mass is 32.1. The Morgan fingerprint density at radius 2 is 2.15 bits per heavy atom. The summed E-state index contributed by atoms with van der Waals surface area (Å²) < 4.78 is 44.6. The van der Waals surface area contributed by atoms with Crippen LogP contribution in [0, 0.1) is 0 Å². The topological polar surface area (TPSA) is 69.6 Å². The molecule has 0 radical (unpaired) electrons. The van der Waals surface area contributed by atoms with Gasteiger partial charge in [-0.25, -0.2) is 4.98 Å². The molecule has 0 saturated carbocycles. The van der Waals surface area contributed by atoms with Gasteiger partial charge in [0.2, 0.25) is 0 Å². The van der Waals surface area contributed by atoms with Crippen molar-refractivity contribution >= 4 is 22.9 Å². The molecule has 2 rings (SSSR count). The molecule has 5 nitrogen and oxygen atoms in total. The van der Waals surface area contributed by atoms with Gasteiger partial charge in [-0.05, 0) is 6.07 Å². The van der Waals surface area contributed by atoms with Gasteiger partial charge >= 0.3 is 6.18 Å². The van der Waals surface area contributed by atoms with Crippen molar-refractivity contribution in [3.8, 4) is 5.75 Å². The molecule has 0 unspecified atom stereocenters. The van der Waals surface area contributed by atoms with Crippen LogP contribution in [0.1, 0.15) is 11.3 Å². The fourth-order valence-electron chi connectivity index (χ4n) is 1.67. The van der Waals surface area contributed by atoms with Crippen LogP contribution < -0.4 is 16.0 Å². The SMILES string of the molecule is COc1ccn2c(=O)c(C(N)=S)c(C(F)(F)F)nc2c1. The number of methoxy groups -OCH3 is 1. The van der Waals surface area contributed by atoms with Crippen LogP contribution in [0.5, 0.6) is 5.75 Å². The number of halogens is 3. The van der Waals surface area contributed by atoms with Crippen molar-refractivity contribution in [3.05, 3.63) is 39.9 Å². The minimum atomic E-state index is -4.84. The third-order valence-electron chi connectivity index (χ3n) is 2.55. The molecule has 0 spiro atoms. The Labute approximate surface area is 115 Å². The van der Waals surface area contributed by atoms with Gasteiger partial charge in [-0.2, -0.15) is 13.2 Å². The number of ether oxygens (including phenoxy) is 1. The summed E-state index contributed by atoms with van der Waals surface area (Å²) in [7, 11) is 1.35. The first-order valence-electron chi connectivity index (χ1n) is 5.23. The van der Waals surface area contributed by atoms with Gasteiger partial charge in [-0.15, -0.1) is 0 Å². The number of hydrogen-bond acceptors (Lipinski definition) is 4. The molecule has 0 atom stereocenters. The average molecular weight is 303 g/mol. The first kappa shape index (κ1) is 14.3. The van der Waals surface area contributed by atoms with E-state index in [1.165, 1.54) is 25.4 Å². The number of nitrogens with two attached hydrogens (primary N) is 1. The summed E-state index contributed by atoms with van der Waals surface area (Å²) in [5.41, 5.74) is 1.81. The Bertz CT molecular complexity index is 755. The van der Waals surface area contributed by atoms with E-state index in [4.69, 9.17) is 10.5 Å². The van der Waals surface area contributed by atoms with Crippen LogP contribution in [-0.2, 0) is 6.18 Å². The van der Waals surface area contributed by atoms with E-state index in [0.29, 0.717) is 0 Å². The van der Waals surface area contributed by atoms with Crippen molar-refractivity contribution in [2.75, 3.05) is 7.11 Å². The van der Waals surface area contributed by atoms with Gasteiger partial charge in [0, 0.05) is 12.3 Å². The summed E-state index contributed by atoms with van der Waals surface area (Å²) in [6.45, 7) is 0. The lowest BCUT2D eigenvalue weighted by atomic mass is 10.2. The van der Waals surface area contributed by atoms with Crippen LogP contribution >= 0.6 is 12.2 Å². The molecule has 0 bridgehead atoms. The highest BCUT2D eigenvalue weighted by molar-refractivity contribution is 7.80. The number of rotatable bonds is 2. The third kappa shape index (κ3) is 2.31. The molecular weight excluding hydrogens is 295 g/mol. The maximum atomic E-state index is 12.9. The smallest absolute Gasteiger partial charge is 0.434 e. The lowest BCUT2D eigenvalue weighted by Gasteiger charge is -2.12. The molecule has 0 fully saturated rings. The zero-order chi connectivity index (χ0) is 15.1. The quantitative estimate of drug-likeness (QED) is 0.848. The number of fused-ring (bicyclic) bond motifs is 1. The number of thiocarbonyl (C=S) groups is 1. The minimum absolute atomic E-state index is 0.207. The monoisotopic (exact) mass is 303 g/mol. The van der Waals surface area contributed by atoms with Gasteiger partial charge in [-0.3, -0.25) is 9.20 Å². The summed E-state index contributed by atoms with van der Waals surface area (Å²) in [5.74, 6) is 0.271. The highest BCUT2D eigenvalue weighted by Crippen LogP contribution is 2.29. The standard InChI is InChI=1S/C11H8F3N3O2S/c1-19-5-2-3-17-6(4-5)16-8(11(12,13)14)7(9(15)20)10(17)18/h2-4H,1H3,(H2,15,20). The average Bonchev–Trinajstić information content (AvgIpc) is 2.36. The lowest BCUT2D eigenvalue weighted by molar-refractivity contribution is -0.141.